The molecule has 1 heterocycles. The molecule has 0 amide bonds. The third-order valence-electron chi connectivity index (χ3n) is 4.05. The average Bonchev–Trinajstić information content (AvgIpc) is 2.60. The van der Waals surface area contributed by atoms with Gasteiger partial charge in [0.25, 0.3) is 0 Å². The third kappa shape index (κ3) is 6.40. The lowest BCUT2D eigenvalue weighted by Gasteiger charge is -2.34. The van der Waals surface area contributed by atoms with Crippen LogP contribution in [0.25, 0.3) is 0 Å². The van der Waals surface area contributed by atoms with Crippen LogP contribution in [0.4, 0.5) is 0 Å². The Morgan fingerprint density at radius 3 is 2.58 bits per heavy atom. The smallest absolute Gasteiger partial charge is 0.193 e. The summed E-state index contributed by atoms with van der Waals surface area (Å²) in [5.41, 5.74) is 0. The Bertz CT molecular complexity index is 483. The topological polar surface area (TPSA) is 46.1 Å². The quantitative estimate of drug-likeness (QED) is 0.473. The van der Waals surface area contributed by atoms with Gasteiger partial charge < -0.3 is 19.7 Å². The molecule has 5 heteroatoms. The van der Waals surface area contributed by atoms with Crippen LogP contribution in [0.15, 0.2) is 35.3 Å². The molecule has 0 aliphatic carbocycles. The molecule has 1 aliphatic rings. The number of aliphatic imine (C=N–C) groups is 1. The maximum Gasteiger partial charge on any atom is 0.193 e. The molecule has 1 fully saturated rings. The van der Waals surface area contributed by atoms with E-state index in [4.69, 9.17) is 9.47 Å². The molecule has 2 rings (SSSR count). The number of hydrogen-bond donors (Lipinski definition) is 1. The Labute approximate surface area is 146 Å². The molecule has 24 heavy (non-hydrogen) atoms. The fourth-order valence-electron chi connectivity index (χ4n) is 2.80. The first-order chi connectivity index (χ1) is 11.7. The lowest BCUT2D eigenvalue weighted by atomic mass is 10.1. The van der Waals surface area contributed by atoms with Crippen molar-refractivity contribution >= 4 is 5.96 Å². The van der Waals surface area contributed by atoms with Crippen LogP contribution >= 0.6 is 0 Å². The number of nitrogens with one attached hydrogen (secondary N) is 1. The highest BCUT2D eigenvalue weighted by atomic mass is 16.5. The van der Waals surface area contributed by atoms with Gasteiger partial charge in [-0.1, -0.05) is 18.2 Å². The molecular formula is C19H31N3O2. The molecule has 5 nitrogen and oxygen atoms in total. The van der Waals surface area contributed by atoms with E-state index in [2.05, 4.69) is 29.1 Å². The van der Waals surface area contributed by atoms with Crippen LogP contribution in [0.5, 0.6) is 5.75 Å². The molecule has 1 saturated heterocycles. The summed E-state index contributed by atoms with van der Waals surface area (Å²) in [4.78, 5) is 6.72. The normalized spacial score (nSPS) is 16.5. The second-order valence-corrected chi connectivity index (χ2v) is 6.36. The van der Waals surface area contributed by atoms with Crippen molar-refractivity contribution in [2.75, 3.05) is 33.3 Å². The Kier molecular flexibility index (Phi) is 7.89. The number of nitrogens with zero attached hydrogens (tertiary/aromatic N) is 2. The van der Waals surface area contributed by atoms with Gasteiger partial charge in [0.05, 0.1) is 6.10 Å². The van der Waals surface area contributed by atoms with E-state index in [1.807, 2.05) is 37.4 Å². The van der Waals surface area contributed by atoms with Crippen LogP contribution in [0.3, 0.4) is 0 Å². The second kappa shape index (κ2) is 10.2. The van der Waals surface area contributed by atoms with Crippen LogP contribution in [-0.2, 0) is 4.74 Å². The summed E-state index contributed by atoms with van der Waals surface area (Å²) in [7, 11) is 1.85. The molecule has 0 unspecified atom stereocenters. The lowest BCUT2D eigenvalue weighted by molar-refractivity contribution is 0.0774. The zero-order valence-corrected chi connectivity index (χ0v) is 15.2. The predicted octanol–water partition coefficient (Wildman–Crippen LogP) is 2.92. The number of rotatable bonds is 7. The first-order valence-electron chi connectivity index (χ1n) is 8.98. The standard InChI is InChI=1S/C19H31N3O2/c1-16(2)23-15-7-12-21-19(20-3)22-13-10-18(11-14-22)24-17-8-5-4-6-9-17/h4-6,8-9,16,18H,7,10-15H2,1-3H3,(H,20,21). The SMILES string of the molecule is CN=C(NCCCOC(C)C)N1CCC(Oc2ccccc2)CC1. The first-order valence-corrected chi connectivity index (χ1v) is 8.98. The number of para-hydroxylation sites is 1. The van der Waals surface area contributed by atoms with Crippen molar-refractivity contribution in [1.82, 2.24) is 10.2 Å². The summed E-state index contributed by atoms with van der Waals surface area (Å²) in [6.07, 6.45) is 3.62. The average molecular weight is 333 g/mol. The third-order valence-corrected chi connectivity index (χ3v) is 4.05. The van der Waals surface area contributed by atoms with Gasteiger partial charge in [-0.2, -0.15) is 0 Å². The van der Waals surface area contributed by atoms with Gasteiger partial charge in [0.1, 0.15) is 11.9 Å². The van der Waals surface area contributed by atoms with Crippen molar-refractivity contribution < 1.29 is 9.47 Å². The van der Waals surface area contributed by atoms with E-state index in [9.17, 15) is 0 Å². The molecule has 1 aromatic carbocycles. The van der Waals surface area contributed by atoms with E-state index >= 15 is 0 Å². The van der Waals surface area contributed by atoms with Crippen molar-refractivity contribution in [3.63, 3.8) is 0 Å². The molecule has 134 valence electrons. The summed E-state index contributed by atoms with van der Waals surface area (Å²) in [5.74, 6) is 1.95. The van der Waals surface area contributed by atoms with Gasteiger partial charge >= 0.3 is 0 Å². The van der Waals surface area contributed by atoms with Crippen LogP contribution in [0, 0.1) is 0 Å². The van der Waals surface area contributed by atoms with Gasteiger partial charge in [-0.25, -0.2) is 0 Å². The highest BCUT2D eigenvalue weighted by molar-refractivity contribution is 5.79. The first kappa shape index (κ1) is 18.6. The minimum atomic E-state index is 0.293. The van der Waals surface area contributed by atoms with Gasteiger partial charge in [-0.3, -0.25) is 4.99 Å². The van der Waals surface area contributed by atoms with Crippen molar-refractivity contribution in [2.24, 2.45) is 4.99 Å². The number of ether oxygens (including phenoxy) is 2. The highest BCUT2D eigenvalue weighted by Gasteiger charge is 2.22. The maximum absolute atomic E-state index is 6.05. The van der Waals surface area contributed by atoms with Crippen LogP contribution < -0.4 is 10.1 Å². The summed E-state index contributed by atoms with van der Waals surface area (Å²) in [6, 6.07) is 10.1. The molecule has 0 atom stereocenters. The van der Waals surface area contributed by atoms with Gasteiger partial charge in [0.15, 0.2) is 5.96 Å². The summed E-state index contributed by atoms with van der Waals surface area (Å²) in [5, 5.41) is 3.43. The summed E-state index contributed by atoms with van der Waals surface area (Å²) < 4.78 is 11.6. The molecule has 0 bridgehead atoms. The molecule has 0 saturated carbocycles. The van der Waals surface area contributed by atoms with E-state index in [-0.39, 0.29) is 0 Å². The zero-order valence-electron chi connectivity index (χ0n) is 15.2. The Morgan fingerprint density at radius 2 is 1.96 bits per heavy atom. The second-order valence-electron chi connectivity index (χ2n) is 6.36. The number of likely N-dealkylation sites (tertiary alicyclic amines) is 1. The number of guanidine groups is 1. The molecule has 1 aliphatic heterocycles. The van der Waals surface area contributed by atoms with Gasteiger partial charge in [-0.15, -0.1) is 0 Å². The molecular weight excluding hydrogens is 302 g/mol. The molecule has 1 N–H and O–H groups in total. The van der Waals surface area contributed by atoms with Gasteiger partial charge in [0, 0.05) is 46.1 Å². The van der Waals surface area contributed by atoms with Crippen molar-refractivity contribution in [2.45, 2.75) is 45.3 Å². The van der Waals surface area contributed by atoms with E-state index < -0.39 is 0 Å². The van der Waals surface area contributed by atoms with E-state index in [0.717, 1.165) is 57.2 Å². The molecule has 0 aromatic heterocycles. The summed E-state index contributed by atoms with van der Waals surface area (Å²) in [6.45, 7) is 7.75. The zero-order chi connectivity index (χ0) is 17.2. The Balaban J connectivity index is 1.68. The Morgan fingerprint density at radius 1 is 1.25 bits per heavy atom. The van der Waals surface area contributed by atoms with Crippen LogP contribution in [-0.4, -0.2) is 56.4 Å². The van der Waals surface area contributed by atoms with E-state index in [0.29, 0.717) is 12.2 Å². The van der Waals surface area contributed by atoms with Crippen molar-refractivity contribution in [3.05, 3.63) is 30.3 Å². The van der Waals surface area contributed by atoms with Crippen molar-refractivity contribution in [3.8, 4) is 5.75 Å². The number of piperidine rings is 1. The van der Waals surface area contributed by atoms with Gasteiger partial charge in [0.2, 0.25) is 0 Å². The van der Waals surface area contributed by atoms with Crippen molar-refractivity contribution in [1.29, 1.82) is 0 Å². The molecule has 1 aromatic rings. The van der Waals surface area contributed by atoms with E-state index in [1.165, 1.54) is 0 Å². The number of hydrogen-bond acceptors (Lipinski definition) is 3. The molecule has 0 radical (unpaired) electrons. The largest absolute Gasteiger partial charge is 0.490 e. The van der Waals surface area contributed by atoms with Gasteiger partial charge in [-0.05, 0) is 32.4 Å². The fraction of sp³-hybridized carbons (Fsp3) is 0.632. The minimum Gasteiger partial charge on any atom is -0.490 e. The highest BCUT2D eigenvalue weighted by Crippen LogP contribution is 2.18. The lowest BCUT2D eigenvalue weighted by Crippen LogP contribution is -2.47. The molecule has 0 spiro atoms. The fourth-order valence-corrected chi connectivity index (χ4v) is 2.80. The maximum atomic E-state index is 6.05. The predicted molar refractivity (Wildman–Crippen MR) is 98.7 cm³/mol. The van der Waals surface area contributed by atoms with Crippen LogP contribution in [0.2, 0.25) is 0 Å². The van der Waals surface area contributed by atoms with E-state index in [1.54, 1.807) is 0 Å². The minimum absolute atomic E-state index is 0.293. The monoisotopic (exact) mass is 333 g/mol. The number of benzene rings is 1. The summed E-state index contributed by atoms with van der Waals surface area (Å²) >= 11 is 0. The van der Waals surface area contributed by atoms with Crippen LogP contribution in [0.1, 0.15) is 33.1 Å². The Hall–Kier alpha value is -1.75.